The average molecular weight is 282 g/mol. The summed E-state index contributed by atoms with van der Waals surface area (Å²) in [4.78, 5) is 22.0. The number of hydrogen-bond donors (Lipinski definition) is 4. The first kappa shape index (κ1) is 16.0. The third-order valence-electron chi connectivity index (χ3n) is 3.19. The van der Waals surface area contributed by atoms with E-state index >= 15 is 0 Å². The number of nitrogens with one attached hydrogen (secondary N) is 3. The Hall–Kier alpha value is -2.05. The first-order valence-corrected chi connectivity index (χ1v) is 6.83. The molecule has 0 bridgehead atoms. The van der Waals surface area contributed by atoms with Crippen molar-refractivity contribution in [1.82, 2.24) is 20.8 Å². The van der Waals surface area contributed by atoms with Crippen LogP contribution >= 0.6 is 0 Å². The van der Waals surface area contributed by atoms with Crippen molar-refractivity contribution >= 4 is 12.0 Å². The Kier molecular flexibility index (Phi) is 7.16. The lowest BCUT2D eigenvalue weighted by Gasteiger charge is -2.14. The number of hydrogen-bond acceptors (Lipinski definition) is 3. The fourth-order valence-electron chi connectivity index (χ4n) is 1.89. The number of nitrogens with zero attached hydrogens (tertiary/aromatic N) is 1. The molecule has 0 aromatic carbocycles. The van der Waals surface area contributed by atoms with Crippen LogP contribution in [0.15, 0.2) is 12.4 Å². The van der Waals surface area contributed by atoms with Gasteiger partial charge in [0.2, 0.25) is 0 Å². The molecule has 7 heteroatoms. The monoisotopic (exact) mass is 282 g/mol. The van der Waals surface area contributed by atoms with Crippen LogP contribution < -0.4 is 10.6 Å². The van der Waals surface area contributed by atoms with Crippen LogP contribution in [0, 0.1) is 5.92 Å². The van der Waals surface area contributed by atoms with Gasteiger partial charge >= 0.3 is 12.0 Å². The first-order valence-electron chi connectivity index (χ1n) is 6.83. The lowest BCUT2D eigenvalue weighted by atomic mass is 9.97. The molecule has 7 nitrogen and oxygen atoms in total. The molecule has 0 aliphatic rings. The van der Waals surface area contributed by atoms with E-state index in [9.17, 15) is 9.59 Å². The number of urea groups is 1. The highest BCUT2D eigenvalue weighted by Gasteiger charge is 2.09. The molecular weight excluding hydrogens is 260 g/mol. The molecule has 112 valence electrons. The van der Waals surface area contributed by atoms with Crippen molar-refractivity contribution in [3.8, 4) is 0 Å². The number of amides is 2. The van der Waals surface area contributed by atoms with Gasteiger partial charge < -0.3 is 15.7 Å². The van der Waals surface area contributed by atoms with Crippen molar-refractivity contribution < 1.29 is 14.7 Å². The Labute approximate surface area is 118 Å². The molecule has 0 fully saturated rings. The lowest BCUT2D eigenvalue weighted by molar-refractivity contribution is -0.137. The maximum Gasteiger partial charge on any atom is 0.315 e. The second kappa shape index (κ2) is 8.95. The van der Waals surface area contributed by atoms with E-state index in [1.165, 1.54) is 0 Å². The van der Waals surface area contributed by atoms with Gasteiger partial charge in [-0.2, -0.15) is 5.10 Å². The summed E-state index contributed by atoms with van der Waals surface area (Å²) in [7, 11) is 0. The van der Waals surface area contributed by atoms with Gasteiger partial charge in [0.25, 0.3) is 0 Å². The normalized spacial score (nSPS) is 11.8. The van der Waals surface area contributed by atoms with E-state index in [2.05, 4.69) is 20.8 Å². The predicted octanol–water partition coefficient (Wildman–Crippen LogP) is 1.49. The van der Waals surface area contributed by atoms with E-state index < -0.39 is 5.97 Å². The van der Waals surface area contributed by atoms with Crippen molar-refractivity contribution in [2.75, 3.05) is 6.54 Å². The van der Waals surface area contributed by atoms with Gasteiger partial charge in [0.15, 0.2) is 0 Å². The van der Waals surface area contributed by atoms with E-state index in [0.29, 0.717) is 25.4 Å². The number of rotatable bonds is 9. The molecule has 0 aliphatic heterocycles. The number of aromatic nitrogens is 2. The van der Waals surface area contributed by atoms with Crippen LogP contribution in [-0.4, -0.2) is 33.8 Å². The molecule has 1 unspecified atom stereocenters. The number of carbonyl (C=O) groups is 2. The molecule has 0 saturated heterocycles. The summed E-state index contributed by atoms with van der Waals surface area (Å²) in [6.45, 7) is 3.01. The molecular formula is C13H22N4O3. The summed E-state index contributed by atoms with van der Waals surface area (Å²) in [5.74, 6) is -0.436. The van der Waals surface area contributed by atoms with Gasteiger partial charge in [-0.3, -0.25) is 9.89 Å². The summed E-state index contributed by atoms with van der Waals surface area (Å²) < 4.78 is 0. The second-order valence-electron chi connectivity index (χ2n) is 4.71. The van der Waals surface area contributed by atoms with Crippen molar-refractivity contribution in [1.29, 1.82) is 0 Å². The molecule has 0 aliphatic carbocycles. The fourth-order valence-corrected chi connectivity index (χ4v) is 1.89. The van der Waals surface area contributed by atoms with Crippen LogP contribution in [0.5, 0.6) is 0 Å². The summed E-state index contributed by atoms with van der Waals surface area (Å²) in [5, 5.41) is 20.6. The molecule has 1 rings (SSSR count). The van der Waals surface area contributed by atoms with Gasteiger partial charge in [-0.15, -0.1) is 0 Å². The molecule has 20 heavy (non-hydrogen) atoms. The van der Waals surface area contributed by atoms with Crippen molar-refractivity contribution in [3.63, 3.8) is 0 Å². The third-order valence-corrected chi connectivity index (χ3v) is 3.19. The van der Waals surface area contributed by atoms with Crippen molar-refractivity contribution in [2.24, 2.45) is 5.92 Å². The molecule has 0 radical (unpaired) electrons. The minimum atomic E-state index is -0.769. The maximum atomic E-state index is 11.5. The topological polar surface area (TPSA) is 107 Å². The molecule has 1 aromatic rings. The minimum absolute atomic E-state index is 0.186. The maximum absolute atomic E-state index is 11.5. The standard InChI is InChI=1S/C13H22N4O3/c1-2-10(3-4-12(18)19)5-6-14-13(20)15-7-11-8-16-17-9-11/h8-10H,2-7H2,1H3,(H,16,17)(H,18,19)(H2,14,15,20). The predicted molar refractivity (Wildman–Crippen MR) is 74.1 cm³/mol. The quantitative estimate of drug-likeness (QED) is 0.550. The van der Waals surface area contributed by atoms with Gasteiger partial charge in [-0.05, 0) is 18.8 Å². The molecule has 1 aromatic heterocycles. The van der Waals surface area contributed by atoms with E-state index in [0.717, 1.165) is 18.4 Å². The van der Waals surface area contributed by atoms with Crippen LogP contribution in [0.3, 0.4) is 0 Å². The SMILES string of the molecule is CCC(CCNC(=O)NCc1cn[nH]c1)CCC(=O)O. The number of aromatic amines is 1. The Balaban J connectivity index is 2.11. The summed E-state index contributed by atoms with van der Waals surface area (Å²) in [5.41, 5.74) is 0.910. The average Bonchev–Trinajstić information content (AvgIpc) is 2.93. The molecule has 1 heterocycles. The Bertz CT molecular complexity index is 406. The highest BCUT2D eigenvalue weighted by Crippen LogP contribution is 2.14. The van der Waals surface area contributed by atoms with Crippen LogP contribution in [-0.2, 0) is 11.3 Å². The molecule has 0 saturated carbocycles. The Morgan fingerprint density at radius 2 is 2.20 bits per heavy atom. The first-order chi connectivity index (χ1) is 9.61. The second-order valence-corrected chi connectivity index (χ2v) is 4.71. The summed E-state index contributed by atoms with van der Waals surface area (Å²) in [6, 6.07) is -0.223. The highest BCUT2D eigenvalue weighted by atomic mass is 16.4. The summed E-state index contributed by atoms with van der Waals surface area (Å²) >= 11 is 0. The van der Waals surface area contributed by atoms with Crippen LogP contribution in [0.1, 0.15) is 38.2 Å². The van der Waals surface area contributed by atoms with Gasteiger partial charge in [0.1, 0.15) is 0 Å². The Morgan fingerprint density at radius 1 is 1.40 bits per heavy atom. The van der Waals surface area contributed by atoms with Crippen molar-refractivity contribution in [3.05, 3.63) is 18.0 Å². The van der Waals surface area contributed by atoms with E-state index in [1.807, 2.05) is 6.92 Å². The lowest BCUT2D eigenvalue weighted by Crippen LogP contribution is -2.36. The highest BCUT2D eigenvalue weighted by molar-refractivity contribution is 5.73. The van der Waals surface area contributed by atoms with Crippen LogP contribution in [0.2, 0.25) is 0 Å². The molecule has 1 atom stereocenters. The number of carboxylic acids is 1. The van der Waals surface area contributed by atoms with Crippen molar-refractivity contribution in [2.45, 2.75) is 39.2 Å². The number of carboxylic acid groups (broad SMARTS) is 1. The van der Waals surface area contributed by atoms with E-state index in [-0.39, 0.29) is 12.5 Å². The smallest absolute Gasteiger partial charge is 0.315 e. The summed E-state index contributed by atoms with van der Waals surface area (Å²) in [6.07, 6.45) is 5.93. The zero-order chi connectivity index (χ0) is 14.8. The number of aliphatic carboxylic acids is 1. The Morgan fingerprint density at radius 3 is 2.80 bits per heavy atom. The van der Waals surface area contributed by atoms with Gasteiger partial charge in [0, 0.05) is 31.3 Å². The molecule has 2 amide bonds. The zero-order valence-corrected chi connectivity index (χ0v) is 11.7. The van der Waals surface area contributed by atoms with Gasteiger partial charge in [-0.25, -0.2) is 4.79 Å². The van der Waals surface area contributed by atoms with Crippen LogP contribution in [0.4, 0.5) is 4.79 Å². The largest absolute Gasteiger partial charge is 0.481 e. The van der Waals surface area contributed by atoms with Gasteiger partial charge in [0.05, 0.1) is 6.20 Å². The van der Waals surface area contributed by atoms with Crippen LogP contribution in [0.25, 0.3) is 0 Å². The molecule has 4 N–H and O–H groups in total. The zero-order valence-electron chi connectivity index (χ0n) is 11.7. The third kappa shape index (κ3) is 6.77. The van der Waals surface area contributed by atoms with Gasteiger partial charge in [-0.1, -0.05) is 13.3 Å². The fraction of sp³-hybridized carbons (Fsp3) is 0.615. The molecule has 0 spiro atoms. The number of H-pyrrole nitrogens is 1. The number of carbonyl (C=O) groups excluding carboxylic acids is 1. The van der Waals surface area contributed by atoms with E-state index in [1.54, 1.807) is 12.4 Å². The van der Waals surface area contributed by atoms with E-state index in [4.69, 9.17) is 5.11 Å². The minimum Gasteiger partial charge on any atom is -0.481 e.